The van der Waals surface area contributed by atoms with Crippen molar-refractivity contribution in [1.29, 1.82) is 0 Å². The molecule has 0 amide bonds. The minimum atomic E-state index is -0.104. The van der Waals surface area contributed by atoms with Crippen LogP contribution in [0.3, 0.4) is 0 Å². The fourth-order valence-electron chi connectivity index (χ4n) is 3.29. The maximum absolute atomic E-state index is 13.1. The van der Waals surface area contributed by atoms with Gasteiger partial charge in [0.25, 0.3) is 11.4 Å². The summed E-state index contributed by atoms with van der Waals surface area (Å²) in [6.07, 6.45) is 1.75. The van der Waals surface area contributed by atoms with Gasteiger partial charge in [0.15, 0.2) is 0 Å². The summed E-state index contributed by atoms with van der Waals surface area (Å²) in [6.45, 7) is 0. The summed E-state index contributed by atoms with van der Waals surface area (Å²) in [5.74, 6) is 0.800. The van der Waals surface area contributed by atoms with Gasteiger partial charge in [-0.05, 0) is 42.5 Å². The number of rotatable bonds is 3. The average molecular weight is 400 g/mol. The first-order valence-electron chi connectivity index (χ1n) is 9.00. The Kier molecular flexibility index (Phi) is 4.22. The second-order valence-electron chi connectivity index (χ2n) is 6.53. The number of nitrogens with zero attached hydrogens (tertiary/aromatic N) is 3. The van der Waals surface area contributed by atoms with Crippen LogP contribution < -0.4 is 5.56 Å². The first kappa shape index (κ1) is 17.4. The van der Waals surface area contributed by atoms with Crippen LogP contribution in [0.5, 0.6) is 0 Å². The quantitative estimate of drug-likeness (QED) is 0.409. The molecule has 0 fully saturated rings. The predicted molar refractivity (Wildman–Crippen MR) is 113 cm³/mol. The second-order valence-corrected chi connectivity index (χ2v) is 6.97. The van der Waals surface area contributed by atoms with E-state index in [1.165, 1.54) is 0 Å². The number of fused-ring (bicyclic) bond motifs is 1. The van der Waals surface area contributed by atoms with Crippen molar-refractivity contribution >= 4 is 22.4 Å². The highest BCUT2D eigenvalue weighted by Gasteiger charge is 2.17. The van der Waals surface area contributed by atoms with E-state index in [4.69, 9.17) is 16.1 Å². The van der Waals surface area contributed by atoms with E-state index in [0.29, 0.717) is 27.7 Å². The van der Waals surface area contributed by atoms with E-state index in [1.54, 1.807) is 29.0 Å². The molecule has 0 saturated carbocycles. The number of halogens is 1. The number of hydrogen-bond donors (Lipinski definition) is 0. The van der Waals surface area contributed by atoms with Crippen LogP contribution in [0.25, 0.3) is 39.3 Å². The highest BCUT2D eigenvalue weighted by Crippen LogP contribution is 2.28. The molecule has 2 aromatic heterocycles. The Bertz CT molecular complexity index is 1370. The molecule has 2 heterocycles. The van der Waals surface area contributed by atoms with E-state index >= 15 is 0 Å². The molecule has 3 aromatic carbocycles. The van der Waals surface area contributed by atoms with E-state index in [2.05, 4.69) is 10.1 Å². The van der Waals surface area contributed by atoms with Gasteiger partial charge < -0.3 is 4.52 Å². The standard InChI is InChI=1S/C23H14ClN3O2/c24-16-12-10-15(11-13-16)21-25-22(29-26-21)20-14-27(17-6-2-1-3-7-17)23(28)19-9-5-4-8-18(19)20/h1-14H. The van der Waals surface area contributed by atoms with Crippen LogP contribution >= 0.6 is 11.6 Å². The summed E-state index contributed by atoms with van der Waals surface area (Å²) in [5.41, 5.74) is 2.15. The number of hydrogen-bond acceptors (Lipinski definition) is 4. The monoisotopic (exact) mass is 399 g/mol. The van der Waals surface area contributed by atoms with Crippen LogP contribution in [0.4, 0.5) is 0 Å². The highest BCUT2D eigenvalue weighted by molar-refractivity contribution is 6.30. The van der Waals surface area contributed by atoms with Crippen LogP contribution in [-0.2, 0) is 0 Å². The van der Waals surface area contributed by atoms with Gasteiger partial charge in [-0.3, -0.25) is 9.36 Å². The molecule has 0 aliphatic heterocycles. The molecule has 0 saturated heterocycles. The topological polar surface area (TPSA) is 60.9 Å². The molecule has 5 rings (SSSR count). The highest BCUT2D eigenvalue weighted by atomic mass is 35.5. The molecule has 6 heteroatoms. The number of aromatic nitrogens is 3. The van der Waals surface area contributed by atoms with Gasteiger partial charge in [0.05, 0.1) is 5.56 Å². The largest absolute Gasteiger partial charge is 0.334 e. The molecule has 140 valence electrons. The van der Waals surface area contributed by atoms with Gasteiger partial charge in [-0.1, -0.05) is 53.2 Å². The summed E-state index contributed by atoms with van der Waals surface area (Å²) in [6, 6.07) is 24.1. The van der Waals surface area contributed by atoms with Crippen LogP contribution in [-0.4, -0.2) is 14.7 Å². The third kappa shape index (κ3) is 3.11. The van der Waals surface area contributed by atoms with Crippen molar-refractivity contribution in [2.75, 3.05) is 0 Å². The molecule has 29 heavy (non-hydrogen) atoms. The minimum Gasteiger partial charge on any atom is -0.334 e. The number of pyridine rings is 1. The maximum atomic E-state index is 13.1. The Morgan fingerprint density at radius 2 is 1.52 bits per heavy atom. The molecule has 0 bridgehead atoms. The lowest BCUT2D eigenvalue weighted by molar-refractivity contribution is 0.432. The molecule has 5 nitrogen and oxygen atoms in total. The fraction of sp³-hybridized carbons (Fsp3) is 0. The van der Waals surface area contributed by atoms with Crippen LogP contribution in [0, 0.1) is 0 Å². The minimum absolute atomic E-state index is 0.104. The van der Waals surface area contributed by atoms with Crippen molar-refractivity contribution in [3.8, 4) is 28.5 Å². The van der Waals surface area contributed by atoms with E-state index in [-0.39, 0.29) is 5.56 Å². The Labute approximate surface area is 170 Å². The van der Waals surface area contributed by atoms with Gasteiger partial charge in [0.2, 0.25) is 5.82 Å². The zero-order valence-electron chi connectivity index (χ0n) is 15.1. The third-order valence-electron chi connectivity index (χ3n) is 4.72. The van der Waals surface area contributed by atoms with E-state index in [9.17, 15) is 4.79 Å². The molecule has 5 aromatic rings. The molecular formula is C23H14ClN3O2. The average Bonchev–Trinajstić information content (AvgIpc) is 3.25. The van der Waals surface area contributed by atoms with E-state index < -0.39 is 0 Å². The van der Waals surface area contributed by atoms with Crippen molar-refractivity contribution in [2.24, 2.45) is 0 Å². The number of benzene rings is 3. The molecular weight excluding hydrogens is 386 g/mol. The Morgan fingerprint density at radius 1 is 0.828 bits per heavy atom. The molecule has 0 radical (unpaired) electrons. The third-order valence-corrected chi connectivity index (χ3v) is 4.97. The Hall–Kier alpha value is -3.70. The lowest BCUT2D eigenvalue weighted by Gasteiger charge is -2.10. The molecule has 0 unspecified atom stereocenters. The molecule has 0 aliphatic carbocycles. The van der Waals surface area contributed by atoms with E-state index in [1.807, 2.05) is 60.7 Å². The lowest BCUT2D eigenvalue weighted by atomic mass is 10.1. The summed E-state index contributed by atoms with van der Waals surface area (Å²) < 4.78 is 7.17. The lowest BCUT2D eigenvalue weighted by Crippen LogP contribution is -2.18. The summed E-state index contributed by atoms with van der Waals surface area (Å²) in [7, 11) is 0. The van der Waals surface area contributed by atoms with E-state index in [0.717, 1.165) is 16.6 Å². The van der Waals surface area contributed by atoms with Gasteiger partial charge >= 0.3 is 0 Å². The van der Waals surface area contributed by atoms with Crippen LogP contribution in [0.1, 0.15) is 0 Å². The van der Waals surface area contributed by atoms with Gasteiger partial charge in [-0.15, -0.1) is 0 Å². The van der Waals surface area contributed by atoms with Crippen molar-refractivity contribution < 1.29 is 4.52 Å². The molecule has 0 spiro atoms. The SMILES string of the molecule is O=c1c2ccccc2c(-c2nc(-c3ccc(Cl)cc3)no2)cn1-c1ccccc1. The number of para-hydroxylation sites is 1. The Morgan fingerprint density at radius 3 is 2.28 bits per heavy atom. The zero-order chi connectivity index (χ0) is 19.8. The summed E-state index contributed by atoms with van der Waals surface area (Å²) in [4.78, 5) is 17.6. The van der Waals surface area contributed by atoms with Gasteiger partial charge in [-0.25, -0.2) is 0 Å². The maximum Gasteiger partial charge on any atom is 0.262 e. The normalized spacial score (nSPS) is 11.1. The Balaban J connectivity index is 1.72. The summed E-state index contributed by atoms with van der Waals surface area (Å²) >= 11 is 5.96. The smallest absolute Gasteiger partial charge is 0.262 e. The zero-order valence-corrected chi connectivity index (χ0v) is 15.9. The summed E-state index contributed by atoms with van der Waals surface area (Å²) in [5, 5.41) is 6.09. The van der Waals surface area contributed by atoms with Crippen molar-refractivity contribution in [3.63, 3.8) is 0 Å². The second kappa shape index (κ2) is 7.04. The van der Waals surface area contributed by atoms with Crippen LogP contribution in [0.2, 0.25) is 5.02 Å². The van der Waals surface area contributed by atoms with Gasteiger partial charge in [-0.2, -0.15) is 4.98 Å². The van der Waals surface area contributed by atoms with Crippen molar-refractivity contribution in [2.45, 2.75) is 0 Å². The predicted octanol–water partition coefficient (Wildman–Crippen LogP) is 5.36. The first-order valence-corrected chi connectivity index (χ1v) is 9.38. The van der Waals surface area contributed by atoms with Gasteiger partial charge in [0.1, 0.15) is 0 Å². The first-order chi connectivity index (χ1) is 14.2. The van der Waals surface area contributed by atoms with Crippen molar-refractivity contribution in [1.82, 2.24) is 14.7 Å². The molecule has 0 aliphatic rings. The van der Waals surface area contributed by atoms with Crippen molar-refractivity contribution in [3.05, 3.63) is 100 Å². The fourth-order valence-corrected chi connectivity index (χ4v) is 3.42. The van der Waals surface area contributed by atoms with Crippen LogP contribution in [0.15, 0.2) is 94.4 Å². The molecule has 0 N–H and O–H groups in total. The van der Waals surface area contributed by atoms with Gasteiger partial charge in [0, 0.05) is 33.2 Å². The molecule has 0 atom stereocenters.